The minimum atomic E-state index is -0.0709. The highest BCUT2D eigenvalue weighted by Gasteiger charge is 2.28. The zero-order valence-corrected chi connectivity index (χ0v) is 15.3. The molecule has 2 aliphatic rings. The van der Waals surface area contributed by atoms with E-state index >= 15 is 0 Å². The summed E-state index contributed by atoms with van der Waals surface area (Å²) in [5.41, 5.74) is 0. The van der Waals surface area contributed by atoms with Crippen molar-refractivity contribution in [1.82, 2.24) is 10.2 Å². The van der Waals surface area contributed by atoms with Crippen LogP contribution in [0, 0.1) is 5.92 Å². The molecule has 0 radical (unpaired) electrons. The molecule has 1 N–H and O–H groups in total. The molecule has 124 valence electrons. The summed E-state index contributed by atoms with van der Waals surface area (Å²) in [6, 6.07) is 4.44. The fourth-order valence-electron chi connectivity index (χ4n) is 2.92. The van der Waals surface area contributed by atoms with E-state index in [1.54, 1.807) is 0 Å². The number of carbonyl (C=O) groups excluding carboxylic acids is 1. The Bertz CT molecular complexity index is 496. The van der Waals surface area contributed by atoms with Crippen molar-refractivity contribution in [1.29, 1.82) is 0 Å². The van der Waals surface area contributed by atoms with Gasteiger partial charge in [-0.1, -0.05) is 11.6 Å². The number of hydrogen-bond donors (Lipinski definition) is 1. The standard InChI is InChI=1S/C16H23ClN2OS.ClH/c1-11(14-4-5-15(17)21-14)16(20)19-8-6-13(7-9-19)18-10-12-2-3-12;/h4-5,11-13,18H,2-3,6-10H2,1H3;1H. The third-order valence-corrected chi connectivity index (χ3v) is 6.00. The lowest BCUT2D eigenvalue weighted by atomic mass is 10.0. The number of nitrogens with zero attached hydrogens (tertiary/aromatic N) is 1. The van der Waals surface area contributed by atoms with E-state index in [-0.39, 0.29) is 24.2 Å². The highest BCUT2D eigenvalue weighted by molar-refractivity contribution is 7.16. The topological polar surface area (TPSA) is 32.3 Å². The van der Waals surface area contributed by atoms with Gasteiger partial charge >= 0.3 is 0 Å². The van der Waals surface area contributed by atoms with E-state index in [0.29, 0.717) is 6.04 Å². The van der Waals surface area contributed by atoms with E-state index < -0.39 is 0 Å². The Balaban J connectivity index is 0.00000176. The molecule has 1 aliphatic carbocycles. The monoisotopic (exact) mass is 362 g/mol. The minimum absolute atomic E-state index is 0. The molecule has 0 aromatic carbocycles. The van der Waals surface area contributed by atoms with Gasteiger partial charge in [0.25, 0.3) is 0 Å². The molecule has 1 aromatic rings. The zero-order chi connectivity index (χ0) is 14.8. The number of thiophene rings is 1. The number of carbonyl (C=O) groups is 1. The van der Waals surface area contributed by atoms with Crippen molar-refractivity contribution in [2.24, 2.45) is 5.92 Å². The average Bonchev–Trinajstić information content (AvgIpc) is 3.24. The highest BCUT2D eigenvalue weighted by Crippen LogP contribution is 2.30. The molecule has 0 bridgehead atoms. The number of piperidine rings is 1. The molecule has 1 saturated carbocycles. The summed E-state index contributed by atoms with van der Waals surface area (Å²) in [7, 11) is 0. The first-order valence-electron chi connectivity index (χ1n) is 7.91. The maximum Gasteiger partial charge on any atom is 0.230 e. The zero-order valence-electron chi connectivity index (χ0n) is 12.9. The van der Waals surface area contributed by atoms with Crippen LogP contribution in [0.15, 0.2) is 12.1 Å². The van der Waals surface area contributed by atoms with Gasteiger partial charge in [-0.3, -0.25) is 4.79 Å². The normalized spacial score (nSPS) is 20.5. The molecular formula is C16H24Cl2N2OS. The number of nitrogens with one attached hydrogen (secondary N) is 1. The van der Waals surface area contributed by atoms with Gasteiger partial charge in [0, 0.05) is 24.0 Å². The van der Waals surface area contributed by atoms with E-state index in [1.165, 1.54) is 30.7 Å². The Morgan fingerprint density at radius 2 is 2.05 bits per heavy atom. The molecule has 2 fully saturated rings. The van der Waals surface area contributed by atoms with Crippen LogP contribution < -0.4 is 5.32 Å². The highest BCUT2D eigenvalue weighted by atomic mass is 35.5. The third kappa shape index (κ3) is 4.60. The van der Waals surface area contributed by atoms with Crippen LogP contribution in [0.2, 0.25) is 4.34 Å². The summed E-state index contributed by atoms with van der Waals surface area (Å²) >= 11 is 7.48. The Morgan fingerprint density at radius 3 is 2.59 bits per heavy atom. The van der Waals surface area contributed by atoms with E-state index in [0.717, 1.165) is 41.1 Å². The van der Waals surface area contributed by atoms with Crippen molar-refractivity contribution >= 4 is 41.3 Å². The summed E-state index contributed by atoms with van der Waals surface area (Å²) in [5.74, 6) is 1.10. The van der Waals surface area contributed by atoms with Crippen LogP contribution in [-0.2, 0) is 4.79 Å². The van der Waals surface area contributed by atoms with Gasteiger partial charge < -0.3 is 10.2 Å². The molecule has 6 heteroatoms. The van der Waals surface area contributed by atoms with Crippen molar-refractivity contribution in [2.45, 2.75) is 44.6 Å². The molecule has 2 heterocycles. The van der Waals surface area contributed by atoms with Gasteiger partial charge in [0.1, 0.15) is 0 Å². The first-order chi connectivity index (χ1) is 10.1. The van der Waals surface area contributed by atoms with Gasteiger partial charge in [-0.2, -0.15) is 0 Å². The Kier molecular flexibility index (Phi) is 6.57. The van der Waals surface area contributed by atoms with Crippen LogP contribution >= 0.6 is 35.3 Å². The smallest absolute Gasteiger partial charge is 0.230 e. The molecule has 1 aromatic heterocycles. The molecule has 1 atom stereocenters. The lowest BCUT2D eigenvalue weighted by Gasteiger charge is -2.34. The van der Waals surface area contributed by atoms with Gasteiger partial charge in [-0.25, -0.2) is 0 Å². The third-order valence-electron chi connectivity index (χ3n) is 4.59. The molecule has 3 rings (SSSR count). The van der Waals surface area contributed by atoms with Crippen LogP contribution in [0.5, 0.6) is 0 Å². The molecule has 22 heavy (non-hydrogen) atoms. The molecule has 3 nitrogen and oxygen atoms in total. The molecule has 0 spiro atoms. The fraction of sp³-hybridized carbons (Fsp3) is 0.688. The Labute approximate surface area is 147 Å². The van der Waals surface area contributed by atoms with Crippen molar-refractivity contribution in [2.75, 3.05) is 19.6 Å². The van der Waals surface area contributed by atoms with E-state index in [2.05, 4.69) is 5.32 Å². The van der Waals surface area contributed by atoms with Crippen molar-refractivity contribution in [3.05, 3.63) is 21.3 Å². The second kappa shape index (κ2) is 8.00. The number of hydrogen-bond acceptors (Lipinski definition) is 3. The molecule has 1 amide bonds. The number of halogens is 2. The summed E-state index contributed by atoms with van der Waals surface area (Å²) in [6.07, 6.45) is 4.95. The van der Waals surface area contributed by atoms with Crippen LogP contribution in [-0.4, -0.2) is 36.5 Å². The predicted molar refractivity (Wildman–Crippen MR) is 95.3 cm³/mol. The number of rotatable bonds is 5. The minimum Gasteiger partial charge on any atom is -0.342 e. The van der Waals surface area contributed by atoms with Crippen molar-refractivity contribution in [3.8, 4) is 0 Å². The van der Waals surface area contributed by atoms with Gasteiger partial charge in [0.2, 0.25) is 5.91 Å². The summed E-state index contributed by atoms with van der Waals surface area (Å²) in [4.78, 5) is 15.6. The number of amides is 1. The fourth-order valence-corrected chi connectivity index (χ4v) is 4.02. The SMILES string of the molecule is CC(C(=O)N1CCC(NCC2CC2)CC1)c1ccc(Cl)s1.Cl. The predicted octanol–water partition coefficient (Wildman–Crippen LogP) is 3.92. The Hall–Kier alpha value is -0.290. The molecule has 1 saturated heterocycles. The van der Waals surface area contributed by atoms with Gasteiger partial charge in [0.05, 0.1) is 10.3 Å². The largest absolute Gasteiger partial charge is 0.342 e. The maximum atomic E-state index is 12.6. The number of likely N-dealkylation sites (tertiary alicyclic amines) is 1. The van der Waals surface area contributed by atoms with Crippen molar-refractivity contribution in [3.63, 3.8) is 0 Å². The van der Waals surface area contributed by atoms with Crippen LogP contribution in [0.25, 0.3) is 0 Å². The van der Waals surface area contributed by atoms with E-state index in [1.807, 2.05) is 24.0 Å². The quantitative estimate of drug-likeness (QED) is 0.860. The Morgan fingerprint density at radius 1 is 1.36 bits per heavy atom. The van der Waals surface area contributed by atoms with Crippen LogP contribution in [0.3, 0.4) is 0 Å². The molecule has 1 aliphatic heterocycles. The average molecular weight is 363 g/mol. The van der Waals surface area contributed by atoms with Gasteiger partial charge in [-0.05, 0) is 57.2 Å². The van der Waals surface area contributed by atoms with E-state index in [4.69, 9.17) is 11.6 Å². The lowest BCUT2D eigenvalue weighted by molar-refractivity contribution is -0.133. The van der Waals surface area contributed by atoms with Gasteiger partial charge in [-0.15, -0.1) is 23.7 Å². The summed E-state index contributed by atoms with van der Waals surface area (Å²) in [5, 5.41) is 3.65. The van der Waals surface area contributed by atoms with Gasteiger partial charge in [0.15, 0.2) is 0 Å². The first-order valence-corrected chi connectivity index (χ1v) is 9.10. The lowest BCUT2D eigenvalue weighted by Crippen LogP contribution is -2.46. The van der Waals surface area contributed by atoms with Crippen LogP contribution in [0.4, 0.5) is 0 Å². The second-order valence-electron chi connectivity index (χ2n) is 6.31. The van der Waals surface area contributed by atoms with Crippen molar-refractivity contribution < 1.29 is 4.79 Å². The maximum absolute atomic E-state index is 12.6. The first kappa shape index (κ1) is 18.1. The summed E-state index contributed by atoms with van der Waals surface area (Å²) in [6.45, 7) is 4.92. The second-order valence-corrected chi connectivity index (χ2v) is 8.06. The molecular weight excluding hydrogens is 339 g/mol. The van der Waals surface area contributed by atoms with E-state index in [9.17, 15) is 4.79 Å². The van der Waals surface area contributed by atoms with Crippen LogP contribution in [0.1, 0.15) is 43.4 Å². The molecule has 1 unspecified atom stereocenters. The summed E-state index contributed by atoms with van der Waals surface area (Å²) < 4.78 is 0.757.